The molecule has 0 amide bonds. The number of quaternary nitrogens is 1. The SMILES string of the molecule is COc1ccccc1N1CC[NH2+]CC1.O=C([O-])c1ccc(I)cc1. The number of piperazine rings is 1. The lowest BCUT2D eigenvalue weighted by atomic mass is 10.2. The van der Waals surface area contributed by atoms with Crippen LogP contribution in [0.1, 0.15) is 10.4 Å². The molecule has 0 atom stereocenters. The second-order valence-electron chi connectivity index (χ2n) is 5.32. The highest BCUT2D eigenvalue weighted by Crippen LogP contribution is 2.27. The van der Waals surface area contributed by atoms with E-state index in [-0.39, 0.29) is 5.56 Å². The molecule has 1 aliphatic heterocycles. The van der Waals surface area contributed by atoms with E-state index in [9.17, 15) is 9.90 Å². The summed E-state index contributed by atoms with van der Waals surface area (Å²) in [5, 5.41) is 12.6. The highest BCUT2D eigenvalue weighted by Gasteiger charge is 2.15. The molecule has 1 aliphatic rings. The number of hydrogen-bond acceptors (Lipinski definition) is 4. The summed E-state index contributed by atoms with van der Waals surface area (Å²) < 4.78 is 6.36. The van der Waals surface area contributed by atoms with Gasteiger partial charge in [-0.2, -0.15) is 0 Å². The van der Waals surface area contributed by atoms with Crippen LogP contribution in [0.4, 0.5) is 5.69 Å². The molecule has 3 rings (SSSR count). The second kappa shape index (κ2) is 9.48. The number of aromatic carboxylic acids is 1. The van der Waals surface area contributed by atoms with Crippen LogP contribution in [0.3, 0.4) is 0 Å². The minimum absolute atomic E-state index is 0.223. The number of hydrogen-bond donors (Lipinski definition) is 1. The van der Waals surface area contributed by atoms with Crippen LogP contribution in [0.15, 0.2) is 48.5 Å². The van der Waals surface area contributed by atoms with Crippen molar-refractivity contribution < 1.29 is 20.0 Å². The average molecular weight is 440 g/mol. The Morgan fingerprint density at radius 2 is 1.75 bits per heavy atom. The Morgan fingerprint density at radius 3 is 2.33 bits per heavy atom. The number of carbonyl (C=O) groups is 1. The number of carbonyl (C=O) groups excluding carboxylic acids is 1. The largest absolute Gasteiger partial charge is 0.545 e. The van der Waals surface area contributed by atoms with Crippen molar-refractivity contribution >= 4 is 34.2 Å². The number of benzene rings is 2. The van der Waals surface area contributed by atoms with E-state index in [0.717, 1.165) is 22.4 Å². The van der Waals surface area contributed by atoms with Crippen LogP contribution >= 0.6 is 22.6 Å². The minimum Gasteiger partial charge on any atom is -0.545 e. The van der Waals surface area contributed by atoms with E-state index in [0.29, 0.717) is 0 Å². The third kappa shape index (κ3) is 5.38. The van der Waals surface area contributed by atoms with Crippen molar-refractivity contribution in [3.63, 3.8) is 0 Å². The highest BCUT2D eigenvalue weighted by atomic mass is 127. The maximum absolute atomic E-state index is 10.2. The summed E-state index contributed by atoms with van der Waals surface area (Å²) in [5.74, 6) is -0.147. The third-order valence-corrected chi connectivity index (χ3v) is 4.43. The molecule has 1 heterocycles. The van der Waals surface area contributed by atoms with Gasteiger partial charge in [-0.3, -0.25) is 0 Å². The molecule has 0 unspecified atom stereocenters. The van der Waals surface area contributed by atoms with Gasteiger partial charge in [0.25, 0.3) is 0 Å². The Kier molecular flexibility index (Phi) is 7.33. The zero-order valence-corrected chi connectivity index (χ0v) is 15.7. The maximum atomic E-state index is 10.2. The summed E-state index contributed by atoms with van der Waals surface area (Å²) in [4.78, 5) is 12.6. The van der Waals surface area contributed by atoms with Crippen molar-refractivity contribution in [1.29, 1.82) is 0 Å². The molecule has 6 heteroatoms. The molecule has 0 aliphatic carbocycles. The average Bonchev–Trinajstić information content (AvgIpc) is 2.63. The third-order valence-electron chi connectivity index (χ3n) is 3.71. The fourth-order valence-corrected chi connectivity index (χ4v) is 2.83. The quantitative estimate of drug-likeness (QED) is 0.715. The molecule has 1 saturated heterocycles. The number of para-hydroxylation sites is 2. The Morgan fingerprint density at radius 1 is 1.12 bits per heavy atom. The lowest BCUT2D eigenvalue weighted by Crippen LogP contribution is -2.89. The highest BCUT2D eigenvalue weighted by molar-refractivity contribution is 14.1. The molecular weight excluding hydrogens is 419 g/mol. The summed E-state index contributed by atoms with van der Waals surface area (Å²) in [5.41, 5.74) is 1.45. The van der Waals surface area contributed by atoms with Crippen LogP contribution in [-0.2, 0) is 0 Å². The molecule has 5 nitrogen and oxygen atoms in total. The number of methoxy groups -OCH3 is 1. The first-order chi connectivity index (χ1) is 11.6. The zero-order valence-electron chi connectivity index (χ0n) is 13.6. The monoisotopic (exact) mass is 440 g/mol. The molecule has 0 spiro atoms. The van der Waals surface area contributed by atoms with Gasteiger partial charge in [-0.05, 0) is 52.4 Å². The van der Waals surface area contributed by atoms with Crippen LogP contribution in [0.5, 0.6) is 5.75 Å². The van der Waals surface area contributed by atoms with E-state index >= 15 is 0 Å². The van der Waals surface area contributed by atoms with Gasteiger partial charge < -0.3 is 24.9 Å². The maximum Gasteiger partial charge on any atom is 0.142 e. The van der Waals surface area contributed by atoms with Crippen molar-refractivity contribution in [2.24, 2.45) is 0 Å². The first-order valence-electron chi connectivity index (χ1n) is 7.78. The van der Waals surface area contributed by atoms with E-state index in [4.69, 9.17) is 4.74 Å². The number of anilines is 1. The van der Waals surface area contributed by atoms with Gasteiger partial charge in [0.05, 0.1) is 44.9 Å². The first-order valence-corrected chi connectivity index (χ1v) is 8.86. The van der Waals surface area contributed by atoms with Gasteiger partial charge in [0.15, 0.2) is 0 Å². The zero-order chi connectivity index (χ0) is 17.4. The van der Waals surface area contributed by atoms with E-state index < -0.39 is 5.97 Å². The second-order valence-corrected chi connectivity index (χ2v) is 6.56. The van der Waals surface area contributed by atoms with Crippen LogP contribution in [0.25, 0.3) is 0 Å². The van der Waals surface area contributed by atoms with Crippen LogP contribution < -0.4 is 20.1 Å². The predicted molar refractivity (Wildman–Crippen MR) is 100 cm³/mol. The number of rotatable bonds is 3. The van der Waals surface area contributed by atoms with Crippen molar-refractivity contribution in [3.8, 4) is 5.75 Å². The molecule has 0 bridgehead atoms. The van der Waals surface area contributed by atoms with Crippen molar-refractivity contribution in [2.75, 3.05) is 38.2 Å². The summed E-state index contributed by atoms with van der Waals surface area (Å²) in [6.07, 6.45) is 0. The standard InChI is InChI=1S/C11H16N2O.C7H5IO2/c1-14-11-5-3-2-4-10(11)13-8-6-12-7-9-13;8-6-3-1-5(2-4-6)7(9)10/h2-5,12H,6-9H2,1H3;1-4H,(H,9,10). The normalized spacial score (nSPS) is 13.7. The summed E-state index contributed by atoms with van der Waals surface area (Å²) in [6, 6.07) is 14.7. The molecule has 2 N–H and O–H groups in total. The molecular formula is C18H21IN2O3. The first kappa shape index (κ1) is 18.5. The van der Waals surface area contributed by atoms with E-state index in [1.165, 1.54) is 30.9 Å². The summed E-state index contributed by atoms with van der Waals surface area (Å²) in [7, 11) is 1.73. The molecule has 0 saturated carbocycles. The van der Waals surface area contributed by atoms with Gasteiger partial charge in [-0.1, -0.05) is 24.3 Å². The van der Waals surface area contributed by atoms with E-state index in [1.807, 2.05) is 12.1 Å². The molecule has 128 valence electrons. The Labute approximate surface area is 155 Å². The number of ether oxygens (including phenoxy) is 1. The van der Waals surface area contributed by atoms with Gasteiger partial charge in [0.2, 0.25) is 0 Å². The smallest absolute Gasteiger partial charge is 0.142 e. The van der Waals surface area contributed by atoms with Gasteiger partial charge in [-0.15, -0.1) is 0 Å². The number of carboxylic acids is 1. The molecule has 2 aromatic rings. The van der Waals surface area contributed by atoms with E-state index in [1.54, 1.807) is 19.2 Å². The van der Waals surface area contributed by atoms with Crippen LogP contribution in [-0.4, -0.2) is 39.3 Å². The molecule has 0 aromatic heterocycles. The van der Waals surface area contributed by atoms with Gasteiger partial charge in [0, 0.05) is 3.57 Å². The Bertz CT molecular complexity index is 656. The van der Waals surface area contributed by atoms with Crippen molar-refractivity contribution in [1.82, 2.24) is 0 Å². The molecule has 0 radical (unpaired) electrons. The van der Waals surface area contributed by atoms with Crippen LogP contribution in [0, 0.1) is 3.57 Å². The number of nitrogens with two attached hydrogens (primary N) is 1. The molecule has 2 aromatic carbocycles. The number of halogens is 1. The van der Waals surface area contributed by atoms with Crippen LogP contribution in [0.2, 0.25) is 0 Å². The molecule has 24 heavy (non-hydrogen) atoms. The minimum atomic E-state index is -1.13. The van der Waals surface area contributed by atoms with Crippen molar-refractivity contribution in [3.05, 3.63) is 57.7 Å². The Hall–Kier alpha value is -1.80. The van der Waals surface area contributed by atoms with Crippen molar-refractivity contribution in [2.45, 2.75) is 0 Å². The van der Waals surface area contributed by atoms with Gasteiger partial charge in [-0.25, -0.2) is 0 Å². The topological polar surface area (TPSA) is 69.2 Å². The fourth-order valence-electron chi connectivity index (χ4n) is 2.47. The fraction of sp³-hybridized carbons (Fsp3) is 0.278. The number of nitrogens with zero attached hydrogens (tertiary/aromatic N) is 1. The Balaban J connectivity index is 0.000000185. The predicted octanol–water partition coefficient (Wildman–Crippen LogP) is 0.733. The summed E-state index contributed by atoms with van der Waals surface area (Å²) >= 11 is 2.11. The summed E-state index contributed by atoms with van der Waals surface area (Å²) in [6.45, 7) is 4.58. The lowest BCUT2D eigenvalue weighted by molar-refractivity contribution is -0.655. The van der Waals surface area contributed by atoms with E-state index in [2.05, 4.69) is 44.9 Å². The lowest BCUT2D eigenvalue weighted by Gasteiger charge is -2.28. The van der Waals surface area contributed by atoms with Gasteiger partial charge >= 0.3 is 0 Å². The molecule has 1 fully saturated rings. The number of carboxylic acid groups (broad SMARTS) is 1. The van der Waals surface area contributed by atoms with Gasteiger partial charge in [0.1, 0.15) is 5.75 Å².